The van der Waals surface area contributed by atoms with Gasteiger partial charge in [-0.2, -0.15) is 0 Å². The lowest BCUT2D eigenvalue weighted by molar-refractivity contribution is 0.0786. The molecule has 0 aliphatic carbocycles. The molecule has 1 aliphatic heterocycles. The van der Waals surface area contributed by atoms with Crippen molar-refractivity contribution < 1.29 is 13.9 Å². The fourth-order valence-corrected chi connectivity index (χ4v) is 3.34. The maximum atomic E-state index is 13.9. The van der Waals surface area contributed by atoms with Crippen LogP contribution in [0.4, 0.5) is 4.39 Å². The van der Waals surface area contributed by atoms with Gasteiger partial charge in [-0.05, 0) is 36.2 Å². The number of hydrogen-bond donors (Lipinski definition) is 1. The van der Waals surface area contributed by atoms with Gasteiger partial charge in [-0.3, -0.25) is 4.79 Å². The van der Waals surface area contributed by atoms with Crippen LogP contribution >= 0.6 is 12.4 Å². The second-order valence-corrected chi connectivity index (χ2v) is 6.07. The monoisotopic (exact) mass is 364 g/mol. The number of rotatable bonds is 4. The van der Waals surface area contributed by atoms with Gasteiger partial charge in [-0.15, -0.1) is 12.4 Å². The summed E-state index contributed by atoms with van der Waals surface area (Å²) in [5, 5.41) is 0. The minimum Gasteiger partial charge on any atom is -0.494 e. The zero-order chi connectivity index (χ0) is 17.1. The molecule has 2 atom stereocenters. The first-order valence-corrected chi connectivity index (χ1v) is 8.02. The van der Waals surface area contributed by atoms with Crippen LogP contribution in [0.3, 0.4) is 0 Å². The van der Waals surface area contributed by atoms with E-state index in [9.17, 15) is 9.18 Å². The van der Waals surface area contributed by atoms with E-state index in [1.807, 2.05) is 18.2 Å². The van der Waals surface area contributed by atoms with Crippen molar-refractivity contribution >= 4 is 18.3 Å². The minimum absolute atomic E-state index is 0. The summed E-state index contributed by atoms with van der Waals surface area (Å²) in [6.07, 6.45) is 0. The third kappa shape index (κ3) is 3.94. The second kappa shape index (κ2) is 8.32. The van der Waals surface area contributed by atoms with Crippen LogP contribution in [0.5, 0.6) is 5.75 Å². The van der Waals surface area contributed by atoms with Crippen molar-refractivity contribution in [3.05, 3.63) is 65.5 Å². The summed E-state index contributed by atoms with van der Waals surface area (Å²) in [5.74, 6) is -0.149. The number of nitrogens with two attached hydrogens (primary N) is 1. The van der Waals surface area contributed by atoms with Crippen LogP contribution in [0, 0.1) is 11.7 Å². The molecule has 0 bridgehead atoms. The molecular weight excluding hydrogens is 343 g/mol. The smallest absolute Gasteiger partial charge is 0.253 e. The highest BCUT2D eigenvalue weighted by molar-refractivity contribution is 5.94. The van der Waals surface area contributed by atoms with Gasteiger partial charge in [0.1, 0.15) is 0 Å². The lowest BCUT2D eigenvalue weighted by Gasteiger charge is -2.17. The topological polar surface area (TPSA) is 55.6 Å². The summed E-state index contributed by atoms with van der Waals surface area (Å²) in [5.41, 5.74) is 7.43. The lowest BCUT2D eigenvalue weighted by Crippen LogP contribution is -2.29. The van der Waals surface area contributed by atoms with E-state index in [1.54, 1.807) is 11.0 Å². The van der Waals surface area contributed by atoms with Crippen molar-refractivity contribution in [2.75, 3.05) is 26.7 Å². The van der Waals surface area contributed by atoms with Crippen LogP contribution in [0.25, 0.3) is 0 Å². The molecule has 25 heavy (non-hydrogen) atoms. The standard InChI is InChI=1S/C19H21FN2O2.ClH/c1-24-18-8-7-14(9-17(18)20)19(23)22-11-15(10-21)16(12-22)13-5-3-2-4-6-13;/h2-9,15-16H,10-12,21H2,1H3;1H/t15-,16+;/m1./s1. The summed E-state index contributed by atoms with van der Waals surface area (Å²) in [4.78, 5) is 14.5. The third-order valence-corrected chi connectivity index (χ3v) is 4.66. The van der Waals surface area contributed by atoms with Crippen LogP contribution in [-0.4, -0.2) is 37.6 Å². The van der Waals surface area contributed by atoms with E-state index in [0.717, 1.165) is 0 Å². The molecule has 1 amide bonds. The summed E-state index contributed by atoms with van der Waals surface area (Å²) < 4.78 is 18.8. The molecule has 0 aromatic heterocycles. The molecule has 0 unspecified atom stereocenters. The average molecular weight is 365 g/mol. The molecule has 0 saturated carbocycles. The second-order valence-electron chi connectivity index (χ2n) is 6.07. The van der Waals surface area contributed by atoms with E-state index in [2.05, 4.69) is 12.1 Å². The summed E-state index contributed by atoms with van der Waals surface area (Å²) in [7, 11) is 1.40. The SMILES string of the molecule is COc1ccc(C(=O)N2C[C@@H](CN)[C@H](c3ccccc3)C2)cc1F.Cl. The Labute approximate surface area is 153 Å². The zero-order valence-electron chi connectivity index (χ0n) is 14.0. The van der Waals surface area contributed by atoms with Crippen LogP contribution in [-0.2, 0) is 0 Å². The number of methoxy groups -OCH3 is 1. The van der Waals surface area contributed by atoms with Crippen LogP contribution in [0.15, 0.2) is 48.5 Å². The number of carbonyl (C=O) groups excluding carboxylic acids is 1. The highest BCUT2D eigenvalue weighted by Crippen LogP contribution is 2.33. The Balaban J connectivity index is 0.00000225. The third-order valence-electron chi connectivity index (χ3n) is 4.66. The fraction of sp³-hybridized carbons (Fsp3) is 0.316. The normalized spacial score (nSPS) is 19.4. The highest BCUT2D eigenvalue weighted by Gasteiger charge is 2.35. The molecule has 2 aromatic rings. The van der Waals surface area contributed by atoms with Gasteiger partial charge in [-0.1, -0.05) is 30.3 Å². The first-order valence-electron chi connectivity index (χ1n) is 8.02. The lowest BCUT2D eigenvalue weighted by atomic mass is 9.89. The molecule has 134 valence electrons. The van der Waals surface area contributed by atoms with Crippen molar-refractivity contribution in [3.8, 4) is 5.75 Å². The molecule has 0 radical (unpaired) electrons. The highest BCUT2D eigenvalue weighted by atomic mass is 35.5. The summed E-state index contributed by atoms with van der Waals surface area (Å²) in [6.45, 7) is 1.70. The molecule has 6 heteroatoms. The minimum atomic E-state index is -0.530. The van der Waals surface area contributed by atoms with Gasteiger partial charge >= 0.3 is 0 Å². The molecule has 4 nitrogen and oxygen atoms in total. The molecule has 1 saturated heterocycles. The Morgan fingerprint density at radius 2 is 1.96 bits per heavy atom. The van der Waals surface area contributed by atoms with E-state index in [0.29, 0.717) is 25.2 Å². The fourth-order valence-electron chi connectivity index (χ4n) is 3.34. The largest absolute Gasteiger partial charge is 0.494 e. The van der Waals surface area contributed by atoms with E-state index in [1.165, 1.54) is 24.8 Å². The van der Waals surface area contributed by atoms with Crippen molar-refractivity contribution in [2.24, 2.45) is 11.7 Å². The number of nitrogens with zero attached hydrogens (tertiary/aromatic N) is 1. The molecule has 1 heterocycles. The van der Waals surface area contributed by atoms with E-state index in [4.69, 9.17) is 10.5 Å². The predicted molar refractivity (Wildman–Crippen MR) is 97.8 cm³/mol. The maximum Gasteiger partial charge on any atom is 0.253 e. The van der Waals surface area contributed by atoms with Crippen LogP contribution in [0.2, 0.25) is 0 Å². The van der Waals surface area contributed by atoms with E-state index < -0.39 is 5.82 Å². The summed E-state index contributed by atoms with van der Waals surface area (Å²) in [6, 6.07) is 14.4. The van der Waals surface area contributed by atoms with Crippen molar-refractivity contribution in [3.63, 3.8) is 0 Å². The average Bonchev–Trinajstić information content (AvgIpc) is 3.06. The Bertz CT molecular complexity index is 727. The van der Waals surface area contributed by atoms with Gasteiger partial charge in [0, 0.05) is 24.6 Å². The number of carbonyl (C=O) groups is 1. The Hall–Kier alpha value is -2.11. The van der Waals surface area contributed by atoms with Gasteiger partial charge in [0.2, 0.25) is 0 Å². The number of hydrogen-bond acceptors (Lipinski definition) is 3. The van der Waals surface area contributed by atoms with Gasteiger partial charge < -0.3 is 15.4 Å². The molecule has 3 rings (SSSR count). The van der Waals surface area contributed by atoms with Crippen molar-refractivity contribution in [1.82, 2.24) is 4.90 Å². The Morgan fingerprint density at radius 1 is 1.24 bits per heavy atom. The zero-order valence-corrected chi connectivity index (χ0v) is 14.8. The molecular formula is C19H22ClFN2O2. The number of amides is 1. The van der Waals surface area contributed by atoms with Crippen molar-refractivity contribution in [2.45, 2.75) is 5.92 Å². The van der Waals surface area contributed by atoms with E-state index >= 15 is 0 Å². The maximum absolute atomic E-state index is 13.9. The number of ether oxygens (including phenoxy) is 1. The molecule has 1 aliphatic rings. The summed E-state index contributed by atoms with van der Waals surface area (Å²) >= 11 is 0. The molecule has 2 N–H and O–H groups in total. The Kier molecular flexibility index (Phi) is 6.39. The number of halogens is 2. The van der Waals surface area contributed by atoms with Gasteiger partial charge in [0.05, 0.1) is 7.11 Å². The van der Waals surface area contributed by atoms with Gasteiger partial charge in [-0.25, -0.2) is 4.39 Å². The predicted octanol–water partition coefficient (Wildman–Crippen LogP) is 3.07. The quantitative estimate of drug-likeness (QED) is 0.907. The first-order chi connectivity index (χ1) is 11.6. The molecule has 1 fully saturated rings. The van der Waals surface area contributed by atoms with Crippen LogP contribution < -0.4 is 10.5 Å². The van der Waals surface area contributed by atoms with Gasteiger partial charge in [0.25, 0.3) is 5.91 Å². The van der Waals surface area contributed by atoms with Crippen molar-refractivity contribution in [1.29, 1.82) is 0 Å². The first kappa shape index (κ1) is 19.2. The number of likely N-dealkylation sites (tertiary alicyclic amines) is 1. The van der Waals surface area contributed by atoms with E-state index in [-0.39, 0.29) is 35.9 Å². The molecule has 0 spiro atoms. The number of benzene rings is 2. The van der Waals surface area contributed by atoms with Gasteiger partial charge in [0.15, 0.2) is 11.6 Å². The Morgan fingerprint density at radius 3 is 2.56 bits per heavy atom. The molecule has 2 aromatic carbocycles. The van der Waals surface area contributed by atoms with Crippen LogP contribution in [0.1, 0.15) is 21.8 Å².